The van der Waals surface area contributed by atoms with E-state index >= 15 is 0 Å². The van der Waals surface area contributed by atoms with Crippen LogP contribution in [0.4, 0.5) is 10.2 Å². The molecule has 0 fully saturated rings. The highest BCUT2D eigenvalue weighted by atomic mass is 19.1. The maximum Gasteiger partial charge on any atom is 0.253 e. The molecule has 1 aromatic carbocycles. The predicted octanol–water partition coefficient (Wildman–Crippen LogP) is 1.73. The van der Waals surface area contributed by atoms with Crippen molar-refractivity contribution in [3.63, 3.8) is 0 Å². The Morgan fingerprint density at radius 1 is 1.33 bits per heavy atom. The van der Waals surface area contributed by atoms with Crippen LogP contribution in [0.15, 0.2) is 42.6 Å². The number of aromatic nitrogens is 1. The average molecular weight is 245 g/mol. The lowest BCUT2D eigenvalue weighted by molar-refractivity contribution is 0.0950. The summed E-state index contributed by atoms with van der Waals surface area (Å²) in [5, 5.41) is 2.68. The summed E-state index contributed by atoms with van der Waals surface area (Å²) in [5.41, 5.74) is 6.54. The summed E-state index contributed by atoms with van der Waals surface area (Å²) in [6.07, 6.45) is 1.40. The van der Waals surface area contributed by atoms with Crippen molar-refractivity contribution >= 4 is 11.7 Å². The van der Waals surface area contributed by atoms with Gasteiger partial charge in [0.2, 0.25) is 0 Å². The summed E-state index contributed by atoms with van der Waals surface area (Å²) < 4.78 is 12.9. The van der Waals surface area contributed by atoms with Crippen molar-refractivity contribution in [3.8, 4) is 0 Å². The van der Waals surface area contributed by atoms with Crippen molar-refractivity contribution in [1.29, 1.82) is 0 Å². The zero-order chi connectivity index (χ0) is 13.0. The number of anilines is 1. The van der Waals surface area contributed by atoms with Crippen LogP contribution in [0.25, 0.3) is 0 Å². The first kappa shape index (κ1) is 12.0. The van der Waals surface area contributed by atoms with Gasteiger partial charge in [-0.05, 0) is 29.8 Å². The molecule has 0 spiro atoms. The standard InChI is InChI=1S/C13H12FN3O/c14-11-3-1-2-9(6-11)7-17-13(18)10-4-5-12(15)16-8-10/h1-6,8H,7H2,(H2,15,16)(H,17,18). The summed E-state index contributed by atoms with van der Waals surface area (Å²) in [6, 6.07) is 9.21. The second kappa shape index (κ2) is 5.27. The number of hydrogen-bond donors (Lipinski definition) is 2. The van der Waals surface area contributed by atoms with E-state index in [1.165, 1.54) is 18.3 Å². The normalized spacial score (nSPS) is 10.1. The molecule has 0 atom stereocenters. The number of carbonyl (C=O) groups is 1. The Balaban J connectivity index is 1.98. The zero-order valence-corrected chi connectivity index (χ0v) is 9.56. The maximum atomic E-state index is 12.9. The molecule has 0 saturated heterocycles. The van der Waals surface area contributed by atoms with Gasteiger partial charge in [0, 0.05) is 12.7 Å². The van der Waals surface area contributed by atoms with Gasteiger partial charge in [0.05, 0.1) is 5.56 Å². The first-order valence-corrected chi connectivity index (χ1v) is 5.39. The summed E-state index contributed by atoms with van der Waals surface area (Å²) in [4.78, 5) is 15.6. The van der Waals surface area contributed by atoms with E-state index in [2.05, 4.69) is 10.3 Å². The Bertz CT molecular complexity index is 554. The fourth-order valence-electron chi connectivity index (χ4n) is 1.47. The summed E-state index contributed by atoms with van der Waals surface area (Å²) in [7, 11) is 0. The van der Waals surface area contributed by atoms with Crippen LogP contribution < -0.4 is 11.1 Å². The maximum absolute atomic E-state index is 12.9. The van der Waals surface area contributed by atoms with E-state index in [-0.39, 0.29) is 18.3 Å². The third kappa shape index (κ3) is 3.04. The monoisotopic (exact) mass is 245 g/mol. The molecule has 0 unspecified atom stereocenters. The molecule has 0 aliphatic rings. The van der Waals surface area contributed by atoms with E-state index in [9.17, 15) is 9.18 Å². The van der Waals surface area contributed by atoms with Crippen molar-refractivity contribution in [3.05, 3.63) is 59.5 Å². The number of benzene rings is 1. The fraction of sp³-hybridized carbons (Fsp3) is 0.0769. The minimum absolute atomic E-state index is 0.265. The summed E-state index contributed by atoms with van der Waals surface area (Å²) in [5.74, 6) is -0.237. The number of amides is 1. The van der Waals surface area contributed by atoms with Crippen molar-refractivity contribution < 1.29 is 9.18 Å². The number of carbonyl (C=O) groups excluding carboxylic acids is 1. The van der Waals surface area contributed by atoms with Gasteiger partial charge in [-0.3, -0.25) is 4.79 Å². The second-order valence-corrected chi connectivity index (χ2v) is 3.78. The Kier molecular flexibility index (Phi) is 3.52. The van der Waals surface area contributed by atoms with Gasteiger partial charge in [0.25, 0.3) is 5.91 Å². The molecule has 1 heterocycles. The Hall–Kier alpha value is -2.43. The molecule has 4 nitrogen and oxygen atoms in total. The minimum atomic E-state index is -0.323. The Labute approximate surface area is 104 Å². The number of halogens is 1. The third-order valence-corrected chi connectivity index (χ3v) is 2.39. The van der Waals surface area contributed by atoms with E-state index in [4.69, 9.17) is 5.73 Å². The molecule has 1 amide bonds. The van der Waals surface area contributed by atoms with Gasteiger partial charge in [0.1, 0.15) is 11.6 Å². The molecule has 18 heavy (non-hydrogen) atoms. The highest BCUT2D eigenvalue weighted by Crippen LogP contribution is 2.04. The molecule has 0 radical (unpaired) electrons. The molecular weight excluding hydrogens is 233 g/mol. The fourth-order valence-corrected chi connectivity index (χ4v) is 1.47. The number of hydrogen-bond acceptors (Lipinski definition) is 3. The van der Waals surface area contributed by atoms with E-state index in [1.807, 2.05) is 0 Å². The van der Waals surface area contributed by atoms with Crippen molar-refractivity contribution in [2.24, 2.45) is 0 Å². The molecule has 2 rings (SSSR count). The Morgan fingerprint density at radius 2 is 2.17 bits per heavy atom. The molecule has 92 valence electrons. The quantitative estimate of drug-likeness (QED) is 0.865. The van der Waals surface area contributed by atoms with Gasteiger partial charge in [-0.2, -0.15) is 0 Å². The first-order chi connectivity index (χ1) is 8.65. The SMILES string of the molecule is Nc1ccc(C(=O)NCc2cccc(F)c2)cn1. The lowest BCUT2D eigenvalue weighted by Gasteiger charge is -2.05. The molecule has 0 aliphatic carbocycles. The smallest absolute Gasteiger partial charge is 0.253 e. The van der Waals surface area contributed by atoms with Gasteiger partial charge in [0.15, 0.2) is 0 Å². The number of nitrogens with zero attached hydrogens (tertiary/aromatic N) is 1. The number of rotatable bonds is 3. The van der Waals surface area contributed by atoms with Gasteiger partial charge in [-0.1, -0.05) is 12.1 Å². The number of nitrogen functional groups attached to an aromatic ring is 1. The van der Waals surface area contributed by atoms with Gasteiger partial charge < -0.3 is 11.1 Å². The Morgan fingerprint density at radius 3 is 2.83 bits per heavy atom. The van der Waals surface area contributed by atoms with E-state index in [0.717, 1.165) is 0 Å². The van der Waals surface area contributed by atoms with Crippen LogP contribution in [-0.4, -0.2) is 10.9 Å². The molecular formula is C13H12FN3O. The molecule has 3 N–H and O–H groups in total. The summed E-state index contributed by atoms with van der Waals surface area (Å²) >= 11 is 0. The van der Waals surface area contributed by atoms with Crippen LogP contribution in [0.5, 0.6) is 0 Å². The highest BCUT2D eigenvalue weighted by molar-refractivity contribution is 5.93. The average Bonchev–Trinajstić information content (AvgIpc) is 2.37. The number of nitrogens with two attached hydrogens (primary N) is 1. The number of nitrogens with one attached hydrogen (secondary N) is 1. The lowest BCUT2D eigenvalue weighted by Crippen LogP contribution is -2.23. The largest absolute Gasteiger partial charge is 0.384 e. The van der Waals surface area contributed by atoms with Crippen molar-refractivity contribution in [2.75, 3.05) is 5.73 Å². The zero-order valence-electron chi connectivity index (χ0n) is 9.56. The molecule has 0 saturated carbocycles. The minimum Gasteiger partial charge on any atom is -0.384 e. The van der Waals surface area contributed by atoms with E-state index in [0.29, 0.717) is 16.9 Å². The predicted molar refractivity (Wildman–Crippen MR) is 66.2 cm³/mol. The molecule has 2 aromatic rings. The van der Waals surface area contributed by atoms with Gasteiger partial charge in [-0.25, -0.2) is 9.37 Å². The van der Waals surface area contributed by atoms with Crippen LogP contribution in [0.2, 0.25) is 0 Å². The number of pyridine rings is 1. The van der Waals surface area contributed by atoms with Crippen molar-refractivity contribution in [2.45, 2.75) is 6.54 Å². The van der Waals surface area contributed by atoms with Crippen LogP contribution >= 0.6 is 0 Å². The lowest BCUT2D eigenvalue weighted by atomic mass is 10.2. The van der Waals surface area contributed by atoms with Gasteiger partial charge in [-0.15, -0.1) is 0 Å². The van der Waals surface area contributed by atoms with Crippen LogP contribution in [-0.2, 0) is 6.54 Å². The van der Waals surface area contributed by atoms with Crippen LogP contribution in [0.3, 0.4) is 0 Å². The van der Waals surface area contributed by atoms with Crippen LogP contribution in [0.1, 0.15) is 15.9 Å². The third-order valence-electron chi connectivity index (χ3n) is 2.39. The highest BCUT2D eigenvalue weighted by Gasteiger charge is 2.05. The summed E-state index contributed by atoms with van der Waals surface area (Å²) in [6.45, 7) is 0.265. The van der Waals surface area contributed by atoms with E-state index < -0.39 is 0 Å². The van der Waals surface area contributed by atoms with Crippen LogP contribution in [0, 0.1) is 5.82 Å². The first-order valence-electron chi connectivity index (χ1n) is 5.39. The second-order valence-electron chi connectivity index (χ2n) is 3.78. The molecule has 0 bridgehead atoms. The topological polar surface area (TPSA) is 68.0 Å². The molecule has 5 heteroatoms. The molecule has 1 aromatic heterocycles. The van der Waals surface area contributed by atoms with E-state index in [1.54, 1.807) is 24.3 Å². The van der Waals surface area contributed by atoms with Gasteiger partial charge >= 0.3 is 0 Å². The van der Waals surface area contributed by atoms with Crippen molar-refractivity contribution in [1.82, 2.24) is 10.3 Å². The molecule has 0 aliphatic heterocycles.